The number of fused-ring (bicyclic) bond motifs is 2. The molecule has 6 rings (SSSR count). The van der Waals surface area contributed by atoms with Crippen molar-refractivity contribution in [3.05, 3.63) is 35.8 Å². The third kappa shape index (κ3) is 4.54. The predicted octanol–water partition coefficient (Wildman–Crippen LogP) is 3.83. The molecule has 208 valence electrons. The molecule has 0 aliphatic carbocycles. The molecular weight excluding hydrogens is 525 g/mol. The standard InChI is InChI=1S/C25H26F5N7O2/c1-12-31-22-15(26)5-13(6-19(22)36(12)9-20(29)30)21-17(28)8-37-23(21)24(38-2)33-25(34-37)32-18-3-4-35(7-16(18)27)14-10-39-11-14/h5-6,8,14,16,18,20H,3-4,7,9-11H2,1-2H3,(H,32,34)/t16-,18-/m0/s1. The maximum atomic E-state index is 15.4. The van der Waals surface area contributed by atoms with Gasteiger partial charge in [-0.15, -0.1) is 5.10 Å². The zero-order valence-electron chi connectivity index (χ0n) is 21.2. The summed E-state index contributed by atoms with van der Waals surface area (Å²) < 4.78 is 84.7. The molecule has 0 unspecified atom stereocenters. The van der Waals surface area contributed by atoms with E-state index in [9.17, 15) is 13.2 Å². The number of nitrogens with zero attached hydrogens (tertiary/aromatic N) is 6. The number of hydrogen-bond acceptors (Lipinski definition) is 7. The predicted molar refractivity (Wildman–Crippen MR) is 132 cm³/mol. The zero-order valence-corrected chi connectivity index (χ0v) is 21.2. The Labute approximate surface area is 219 Å². The summed E-state index contributed by atoms with van der Waals surface area (Å²) in [7, 11) is 1.34. The van der Waals surface area contributed by atoms with Gasteiger partial charge in [-0.25, -0.2) is 31.5 Å². The Kier molecular flexibility index (Phi) is 6.53. The molecular formula is C25H26F5N7O2. The van der Waals surface area contributed by atoms with E-state index in [1.54, 1.807) is 0 Å². The van der Waals surface area contributed by atoms with Gasteiger partial charge in [-0.1, -0.05) is 0 Å². The number of anilines is 1. The summed E-state index contributed by atoms with van der Waals surface area (Å²) in [6, 6.07) is 2.17. The topological polar surface area (TPSA) is 81.7 Å². The fourth-order valence-electron chi connectivity index (χ4n) is 5.33. The van der Waals surface area contributed by atoms with Crippen LogP contribution in [0.25, 0.3) is 27.7 Å². The molecule has 5 heterocycles. The molecule has 0 bridgehead atoms. The number of imidazole rings is 1. The highest BCUT2D eigenvalue weighted by Gasteiger charge is 2.36. The number of hydrogen-bond donors (Lipinski definition) is 1. The fraction of sp³-hybridized carbons (Fsp3) is 0.480. The van der Waals surface area contributed by atoms with E-state index in [1.807, 2.05) is 0 Å². The molecule has 1 N–H and O–H groups in total. The van der Waals surface area contributed by atoms with Gasteiger partial charge >= 0.3 is 0 Å². The lowest BCUT2D eigenvalue weighted by molar-refractivity contribution is -0.0794. The van der Waals surface area contributed by atoms with Gasteiger partial charge in [0, 0.05) is 13.1 Å². The number of aromatic nitrogens is 5. The summed E-state index contributed by atoms with van der Waals surface area (Å²) in [4.78, 5) is 10.5. The van der Waals surface area contributed by atoms with E-state index in [-0.39, 0.29) is 57.9 Å². The fourth-order valence-corrected chi connectivity index (χ4v) is 5.33. The lowest BCUT2D eigenvalue weighted by Crippen LogP contribution is -2.57. The van der Waals surface area contributed by atoms with Crippen molar-refractivity contribution in [2.24, 2.45) is 0 Å². The minimum absolute atomic E-state index is 0.0244. The quantitative estimate of drug-likeness (QED) is 0.350. The minimum atomic E-state index is -2.69. The van der Waals surface area contributed by atoms with E-state index >= 15 is 8.78 Å². The maximum Gasteiger partial charge on any atom is 0.256 e. The number of aryl methyl sites for hydroxylation is 1. The molecule has 9 nitrogen and oxygen atoms in total. The molecule has 0 saturated carbocycles. The van der Waals surface area contributed by atoms with Gasteiger partial charge in [-0.3, -0.25) is 4.90 Å². The highest BCUT2D eigenvalue weighted by atomic mass is 19.3. The maximum absolute atomic E-state index is 15.4. The van der Waals surface area contributed by atoms with Crippen molar-refractivity contribution in [1.29, 1.82) is 0 Å². The molecule has 4 aromatic rings. The van der Waals surface area contributed by atoms with Gasteiger partial charge in [0.1, 0.15) is 23.0 Å². The van der Waals surface area contributed by atoms with E-state index in [4.69, 9.17) is 9.47 Å². The molecule has 0 radical (unpaired) electrons. The van der Waals surface area contributed by atoms with E-state index in [1.165, 1.54) is 29.2 Å². The van der Waals surface area contributed by atoms with Gasteiger partial charge < -0.3 is 19.4 Å². The second-order valence-electron chi connectivity index (χ2n) is 9.82. The first kappa shape index (κ1) is 25.7. The van der Waals surface area contributed by atoms with Gasteiger partial charge in [-0.05, 0) is 31.0 Å². The number of benzene rings is 1. The molecule has 2 atom stereocenters. The van der Waals surface area contributed by atoms with Crippen molar-refractivity contribution in [3.8, 4) is 17.0 Å². The molecule has 0 spiro atoms. The molecule has 2 saturated heterocycles. The van der Waals surface area contributed by atoms with Gasteiger partial charge in [0.25, 0.3) is 6.43 Å². The number of alkyl halides is 3. The summed E-state index contributed by atoms with van der Waals surface area (Å²) in [6.45, 7) is 2.96. The number of methoxy groups -OCH3 is 1. The van der Waals surface area contributed by atoms with Crippen LogP contribution in [0.1, 0.15) is 12.2 Å². The van der Waals surface area contributed by atoms with Crippen LogP contribution < -0.4 is 10.1 Å². The average molecular weight is 552 g/mol. The molecule has 1 aromatic carbocycles. The lowest BCUT2D eigenvalue weighted by atomic mass is 10.0. The monoisotopic (exact) mass is 551 g/mol. The van der Waals surface area contributed by atoms with Gasteiger partial charge in [-0.2, -0.15) is 4.98 Å². The summed E-state index contributed by atoms with van der Waals surface area (Å²) >= 11 is 0. The Morgan fingerprint density at radius 2 is 1.97 bits per heavy atom. The van der Waals surface area contributed by atoms with Crippen LogP contribution in [0.4, 0.5) is 27.9 Å². The van der Waals surface area contributed by atoms with Gasteiger partial charge in [0.05, 0.1) is 56.2 Å². The van der Waals surface area contributed by atoms with Crippen molar-refractivity contribution in [3.63, 3.8) is 0 Å². The number of likely N-dealkylation sites (tertiary alicyclic amines) is 1. The summed E-state index contributed by atoms with van der Waals surface area (Å²) in [5.74, 6) is -1.32. The second kappa shape index (κ2) is 9.90. The third-order valence-electron chi connectivity index (χ3n) is 7.38. The molecule has 14 heteroatoms. The van der Waals surface area contributed by atoms with Crippen LogP contribution >= 0.6 is 0 Å². The normalized spacial score (nSPS) is 20.7. The lowest BCUT2D eigenvalue weighted by Gasteiger charge is -2.42. The van der Waals surface area contributed by atoms with Gasteiger partial charge in [0.2, 0.25) is 11.8 Å². The van der Waals surface area contributed by atoms with Gasteiger partial charge in [0.15, 0.2) is 11.6 Å². The Balaban J connectivity index is 1.36. The van der Waals surface area contributed by atoms with Crippen molar-refractivity contribution in [2.75, 3.05) is 38.7 Å². The van der Waals surface area contributed by atoms with E-state index in [0.717, 1.165) is 12.3 Å². The first-order valence-corrected chi connectivity index (χ1v) is 12.5. The Hall–Kier alpha value is -3.52. The van der Waals surface area contributed by atoms with Crippen LogP contribution in [0, 0.1) is 18.6 Å². The highest BCUT2D eigenvalue weighted by Crippen LogP contribution is 2.37. The van der Waals surface area contributed by atoms with Crippen LogP contribution in [-0.4, -0.2) is 87.1 Å². The Bertz CT molecular complexity index is 1540. The first-order chi connectivity index (χ1) is 18.7. The summed E-state index contributed by atoms with van der Waals surface area (Å²) in [5.41, 5.74) is 0.128. The Morgan fingerprint density at radius 3 is 2.64 bits per heavy atom. The smallest absolute Gasteiger partial charge is 0.256 e. The Morgan fingerprint density at radius 1 is 1.18 bits per heavy atom. The molecule has 2 aliphatic rings. The number of halogens is 5. The molecule has 2 fully saturated rings. The molecule has 39 heavy (non-hydrogen) atoms. The molecule has 0 amide bonds. The van der Waals surface area contributed by atoms with E-state index in [2.05, 4.69) is 25.3 Å². The van der Waals surface area contributed by atoms with Crippen LogP contribution in [0.15, 0.2) is 18.3 Å². The molecule has 2 aliphatic heterocycles. The van der Waals surface area contributed by atoms with Crippen LogP contribution in [0.5, 0.6) is 5.88 Å². The number of piperidine rings is 1. The van der Waals surface area contributed by atoms with Crippen molar-refractivity contribution < 1.29 is 31.4 Å². The summed E-state index contributed by atoms with van der Waals surface area (Å²) in [6.07, 6.45) is -2.28. The van der Waals surface area contributed by atoms with E-state index in [0.29, 0.717) is 26.2 Å². The minimum Gasteiger partial charge on any atom is -0.479 e. The van der Waals surface area contributed by atoms with Crippen LogP contribution in [-0.2, 0) is 11.3 Å². The van der Waals surface area contributed by atoms with Crippen LogP contribution in [0.2, 0.25) is 0 Å². The van der Waals surface area contributed by atoms with E-state index < -0.39 is 36.8 Å². The third-order valence-corrected chi connectivity index (χ3v) is 7.38. The number of rotatable bonds is 7. The SMILES string of the molecule is COc1nc(N[C@H]2CCN(C3COC3)C[C@@H]2F)nn2cc(F)c(-c3cc(F)c4nc(C)n(CC(F)F)c4c3)c12. The molecule has 3 aromatic heterocycles. The zero-order chi connectivity index (χ0) is 27.4. The summed E-state index contributed by atoms with van der Waals surface area (Å²) in [5, 5.41) is 7.31. The second-order valence-corrected chi connectivity index (χ2v) is 9.82. The van der Waals surface area contributed by atoms with Crippen molar-refractivity contribution in [1.82, 2.24) is 29.0 Å². The van der Waals surface area contributed by atoms with Crippen LogP contribution in [0.3, 0.4) is 0 Å². The van der Waals surface area contributed by atoms with Crippen molar-refractivity contribution >= 4 is 22.5 Å². The first-order valence-electron chi connectivity index (χ1n) is 12.5. The van der Waals surface area contributed by atoms with Crippen molar-refractivity contribution in [2.45, 2.75) is 44.6 Å². The highest BCUT2D eigenvalue weighted by molar-refractivity contribution is 5.90. The number of nitrogens with one attached hydrogen (secondary N) is 1. The number of ether oxygens (including phenoxy) is 2. The average Bonchev–Trinajstić information content (AvgIpc) is 3.35. The largest absolute Gasteiger partial charge is 0.479 e.